The number of methoxy groups -OCH3 is 1. The zero-order chi connectivity index (χ0) is 16.4. The number of rotatable bonds is 5. The summed E-state index contributed by atoms with van der Waals surface area (Å²) in [7, 11) is -2.62. The topological polar surface area (TPSA) is 89.8 Å². The van der Waals surface area contributed by atoms with Crippen LogP contribution in [0.5, 0.6) is 0 Å². The lowest BCUT2D eigenvalue weighted by atomic mass is 10.3. The second kappa shape index (κ2) is 6.11. The van der Waals surface area contributed by atoms with Gasteiger partial charge in [0.25, 0.3) is 0 Å². The van der Waals surface area contributed by atoms with Crippen LogP contribution in [0.4, 0.5) is 0 Å². The number of aromatic nitrogens is 2. The monoisotopic (exact) mass is 351 g/mol. The molecule has 7 nitrogen and oxygen atoms in total. The number of pyridine rings is 1. The van der Waals surface area contributed by atoms with Crippen molar-refractivity contribution in [2.45, 2.75) is 11.4 Å². The maximum atomic E-state index is 12.4. The highest BCUT2D eigenvalue weighted by Crippen LogP contribution is 2.22. The minimum Gasteiger partial charge on any atom is -0.465 e. The third-order valence-electron chi connectivity index (χ3n) is 3.15. The van der Waals surface area contributed by atoms with Crippen LogP contribution in [0.15, 0.2) is 46.8 Å². The highest BCUT2D eigenvalue weighted by atomic mass is 32.2. The molecule has 3 rings (SSSR count). The predicted octanol–water partition coefficient (Wildman–Crippen LogP) is 1.66. The largest absolute Gasteiger partial charge is 0.465 e. The lowest BCUT2D eigenvalue weighted by molar-refractivity contribution is 0.0602. The molecule has 0 bridgehead atoms. The van der Waals surface area contributed by atoms with Crippen molar-refractivity contribution in [3.63, 3.8) is 0 Å². The maximum absolute atomic E-state index is 12.4. The van der Waals surface area contributed by atoms with Gasteiger partial charge < -0.3 is 4.74 Å². The highest BCUT2D eigenvalue weighted by molar-refractivity contribution is 7.89. The zero-order valence-electron chi connectivity index (χ0n) is 12.1. The van der Waals surface area contributed by atoms with E-state index in [0.717, 1.165) is 16.9 Å². The molecule has 1 N–H and O–H groups in total. The number of nitrogens with zero attached hydrogens (tertiary/aromatic N) is 2. The number of carbonyl (C=O) groups is 1. The summed E-state index contributed by atoms with van der Waals surface area (Å²) in [5, 5.41) is 5.80. The first-order chi connectivity index (χ1) is 11.0. The molecule has 0 aliphatic carbocycles. The Morgan fingerprint density at radius 2 is 2.22 bits per heavy atom. The van der Waals surface area contributed by atoms with Crippen molar-refractivity contribution in [2.75, 3.05) is 7.11 Å². The van der Waals surface area contributed by atoms with Gasteiger partial charge in [-0.25, -0.2) is 22.4 Å². The van der Waals surface area contributed by atoms with Crippen LogP contribution in [0, 0.1) is 0 Å². The van der Waals surface area contributed by atoms with E-state index in [1.807, 2.05) is 18.2 Å². The van der Waals surface area contributed by atoms with Crippen molar-refractivity contribution >= 4 is 32.8 Å². The molecule has 0 amide bonds. The maximum Gasteiger partial charge on any atom is 0.349 e. The SMILES string of the molecule is COC(=O)c1sccc1S(=O)(=O)NCc1cc2ccccn2n1. The Bertz CT molecular complexity index is 926. The number of ether oxygens (including phenoxy) is 1. The van der Waals surface area contributed by atoms with Crippen molar-refractivity contribution in [1.82, 2.24) is 14.3 Å². The third kappa shape index (κ3) is 3.11. The number of hydrogen-bond donors (Lipinski definition) is 1. The summed E-state index contributed by atoms with van der Waals surface area (Å²) in [5.41, 5.74) is 1.45. The van der Waals surface area contributed by atoms with Crippen LogP contribution in [-0.4, -0.2) is 31.1 Å². The number of hydrogen-bond acceptors (Lipinski definition) is 6. The Hall–Kier alpha value is -2.23. The summed E-state index contributed by atoms with van der Waals surface area (Å²) in [5.74, 6) is -0.673. The molecule has 3 heterocycles. The van der Waals surface area contributed by atoms with Crippen LogP contribution in [0.2, 0.25) is 0 Å². The lowest BCUT2D eigenvalue weighted by Crippen LogP contribution is -2.24. The fraction of sp³-hybridized carbons (Fsp3) is 0.143. The van der Waals surface area contributed by atoms with Gasteiger partial charge in [0.15, 0.2) is 0 Å². The van der Waals surface area contributed by atoms with Gasteiger partial charge in [-0.3, -0.25) is 0 Å². The summed E-state index contributed by atoms with van der Waals surface area (Å²) in [6, 6.07) is 8.75. The van der Waals surface area contributed by atoms with Crippen molar-refractivity contribution in [3.8, 4) is 0 Å². The Kier molecular flexibility index (Phi) is 4.16. The normalized spacial score (nSPS) is 11.7. The zero-order valence-corrected chi connectivity index (χ0v) is 13.7. The Morgan fingerprint density at radius 3 is 2.96 bits per heavy atom. The van der Waals surface area contributed by atoms with E-state index >= 15 is 0 Å². The Balaban J connectivity index is 1.81. The average Bonchev–Trinajstić information content (AvgIpc) is 3.18. The molecular formula is C14H13N3O4S2. The van der Waals surface area contributed by atoms with Crippen LogP contribution < -0.4 is 4.72 Å². The van der Waals surface area contributed by atoms with Crippen molar-refractivity contribution < 1.29 is 17.9 Å². The average molecular weight is 351 g/mol. The van der Waals surface area contributed by atoms with Crippen LogP contribution in [-0.2, 0) is 21.3 Å². The van der Waals surface area contributed by atoms with E-state index in [2.05, 4.69) is 14.6 Å². The molecule has 0 fully saturated rings. The number of nitrogens with one attached hydrogen (secondary N) is 1. The quantitative estimate of drug-likeness (QED) is 0.706. The van der Waals surface area contributed by atoms with Crippen molar-refractivity contribution in [1.29, 1.82) is 0 Å². The molecule has 3 aromatic rings. The molecule has 0 radical (unpaired) electrons. The molecule has 0 spiro atoms. The smallest absolute Gasteiger partial charge is 0.349 e. The van der Waals surface area contributed by atoms with Gasteiger partial charge in [0.1, 0.15) is 9.77 Å². The molecular weight excluding hydrogens is 338 g/mol. The number of fused-ring (bicyclic) bond motifs is 1. The molecule has 0 saturated carbocycles. The molecule has 0 saturated heterocycles. The molecule has 0 atom stereocenters. The van der Waals surface area contributed by atoms with Crippen LogP contribution in [0.1, 0.15) is 15.4 Å². The number of carbonyl (C=O) groups excluding carboxylic acids is 1. The van der Waals surface area contributed by atoms with E-state index in [0.29, 0.717) is 5.69 Å². The minimum absolute atomic E-state index is 0.0282. The summed E-state index contributed by atoms with van der Waals surface area (Å²) >= 11 is 1.02. The fourth-order valence-electron chi connectivity index (χ4n) is 2.07. The van der Waals surface area contributed by atoms with E-state index in [1.54, 1.807) is 16.8 Å². The Morgan fingerprint density at radius 1 is 1.39 bits per heavy atom. The molecule has 3 aromatic heterocycles. The van der Waals surface area contributed by atoms with E-state index in [4.69, 9.17) is 0 Å². The highest BCUT2D eigenvalue weighted by Gasteiger charge is 2.24. The fourth-order valence-corrected chi connectivity index (χ4v) is 4.41. The second-order valence-corrected chi connectivity index (χ2v) is 7.29. The van der Waals surface area contributed by atoms with Gasteiger partial charge >= 0.3 is 5.97 Å². The number of esters is 1. The first kappa shape index (κ1) is 15.7. The summed E-state index contributed by atoms with van der Waals surface area (Å²) in [6.07, 6.45) is 1.78. The van der Waals surface area contributed by atoms with Gasteiger partial charge in [0, 0.05) is 6.20 Å². The summed E-state index contributed by atoms with van der Waals surface area (Å²) in [6.45, 7) is 0.0282. The molecule has 9 heteroatoms. The first-order valence-corrected chi connectivity index (χ1v) is 8.96. The summed E-state index contributed by atoms with van der Waals surface area (Å²) < 4.78 is 33.5. The lowest BCUT2D eigenvalue weighted by Gasteiger charge is -2.05. The third-order valence-corrected chi connectivity index (χ3v) is 5.62. The van der Waals surface area contributed by atoms with E-state index in [1.165, 1.54) is 18.6 Å². The van der Waals surface area contributed by atoms with Crippen LogP contribution in [0.3, 0.4) is 0 Å². The van der Waals surface area contributed by atoms with Gasteiger partial charge in [0.2, 0.25) is 10.0 Å². The van der Waals surface area contributed by atoms with E-state index in [-0.39, 0.29) is 16.3 Å². The van der Waals surface area contributed by atoms with Crippen LogP contribution in [0.25, 0.3) is 5.52 Å². The number of sulfonamides is 1. The molecule has 23 heavy (non-hydrogen) atoms. The Labute approximate surface area is 136 Å². The predicted molar refractivity (Wildman–Crippen MR) is 84.9 cm³/mol. The number of thiophene rings is 1. The first-order valence-electron chi connectivity index (χ1n) is 6.60. The molecule has 120 valence electrons. The van der Waals surface area contributed by atoms with Crippen molar-refractivity contribution in [3.05, 3.63) is 52.5 Å². The molecule has 0 unspecified atom stereocenters. The van der Waals surface area contributed by atoms with Crippen LogP contribution >= 0.6 is 11.3 Å². The van der Waals surface area contributed by atoms with Gasteiger partial charge in [-0.05, 0) is 29.6 Å². The van der Waals surface area contributed by atoms with Gasteiger partial charge in [-0.1, -0.05) is 6.07 Å². The molecule has 0 aliphatic heterocycles. The van der Waals surface area contributed by atoms with Gasteiger partial charge in [0.05, 0.1) is 24.9 Å². The molecule has 0 aromatic carbocycles. The van der Waals surface area contributed by atoms with Crippen molar-refractivity contribution in [2.24, 2.45) is 0 Å². The standard InChI is InChI=1S/C14H13N3O4S2/c1-21-14(18)13-12(5-7-22-13)23(19,20)15-9-10-8-11-4-2-3-6-17(11)16-10/h2-8,15H,9H2,1H3. The second-order valence-electron chi connectivity index (χ2n) is 4.64. The van der Waals surface area contributed by atoms with E-state index < -0.39 is 16.0 Å². The van der Waals surface area contributed by atoms with E-state index in [9.17, 15) is 13.2 Å². The molecule has 0 aliphatic rings. The minimum atomic E-state index is -3.83. The summed E-state index contributed by atoms with van der Waals surface area (Å²) in [4.78, 5) is 11.6. The van der Waals surface area contributed by atoms with Gasteiger partial charge in [-0.2, -0.15) is 5.10 Å². The van der Waals surface area contributed by atoms with Gasteiger partial charge in [-0.15, -0.1) is 11.3 Å².